The van der Waals surface area contributed by atoms with Gasteiger partial charge in [0.2, 0.25) is 0 Å². The summed E-state index contributed by atoms with van der Waals surface area (Å²) in [4.78, 5) is 0. The smallest absolute Gasteiger partial charge is 0.0607 e. The predicted octanol–water partition coefficient (Wildman–Crippen LogP) is 3.57. The van der Waals surface area contributed by atoms with Gasteiger partial charge in [0.25, 0.3) is 0 Å². The van der Waals surface area contributed by atoms with E-state index in [1.54, 1.807) is 0 Å². The second-order valence-electron chi connectivity index (χ2n) is 10.0. The minimum Gasteiger partial charge on any atom is -0.396 e. The Labute approximate surface area is 156 Å². The fourth-order valence-corrected chi connectivity index (χ4v) is 3.77. The Balaban J connectivity index is 0.000000547. The fourth-order valence-electron chi connectivity index (χ4n) is 3.77. The Morgan fingerprint density at radius 1 is 0.920 bits per heavy atom. The van der Waals surface area contributed by atoms with Crippen LogP contribution in [0.4, 0.5) is 0 Å². The van der Waals surface area contributed by atoms with Gasteiger partial charge in [0, 0.05) is 25.2 Å². The lowest BCUT2D eigenvalue weighted by atomic mass is 9.60. The zero-order chi connectivity index (χ0) is 19.8. The van der Waals surface area contributed by atoms with Crippen LogP contribution in [0.15, 0.2) is 0 Å². The van der Waals surface area contributed by atoms with Crippen molar-refractivity contribution in [3.05, 3.63) is 0 Å². The van der Waals surface area contributed by atoms with Crippen LogP contribution in [-0.2, 0) is 0 Å². The standard InChI is InChI=1S/C14H29NO.C7H16O2/c1-13(2,3)10-7-9(15)8-11(12(10)16)14(4,5)6;1-2-3-4-7(5-8)6-9/h9-12,16H,7-8,15H2,1-6H3;7-9H,2-6H2,1H3. The Kier molecular flexibility index (Phi) is 10.8. The molecule has 1 aliphatic carbocycles. The maximum atomic E-state index is 10.6. The van der Waals surface area contributed by atoms with E-state index >= 15 is 0 Å². The zero-order valence-corrected chi connectivity index (χ0v) is 17.8. The van der Waals surface area contributed by atoms with Crippen LogP contribution in [0.25, 0.3) is 0 Å². The highest BCUT2D eigenvalue weighted by Gasteiger charge is 2.45. The van der Waals surface area contributed by atoms with Crippen molar-refractivity contribution in [2.24, 2.45) is 34.3 Å². The largest absolute Gasteiger partial charge is 0.396 e. The molecule has 0 aromatic heterocycles. The maximum Gasteiger partial charge on any atom is 0.0607 e. The van der Waals surface area contributed by atoms with Crippen molar-refractivity contribution in [2.75, 3.05) is 13.2 Å². The molecule has 0 amide bonds. The van der Waals surface area contributed by atoms with Gasteiger partial charge in [-0.2, -0.15) is 0 Å². The molecule has 1 rings (SSSR count). The van der Waals surface area contributed by atoms with E-state index in [0.29, 0.717) is 11.8 Å². The molecule has 1 aliphatic rings. The summed E-state index contributed by atoms with van der Waals surface area (Å²) >= 11 is 0. The molecule has 0 aliphatic heterocycles. The molecule has 0 spiro atoms. The summed E-state index contributed by atoms with van der Waals surface area (Å²) in [5, 5.41) is 27.7. The van der Waals surface area contributed by atoms with Gasteiger partial charge in [-0.1, -0.05) is 61.3 Å². The van der Waals surface area contributed by atoms with Gasteiger partial charge in [-0.15, -0.1) is 0 Å². The van der Waals surface area contributed by atoms with Gasteiger partial charge in [-0.25, -0.2) is 0 Å². The van der Waals surface area contributed by atoms with Crippen LogP contribution in [0.5, 0.6) is 0 Å². The van der Waals surface area contributed by atoms with E-state index in [0.717, 1.165) is 32.1 Å². The first-order valence-electron chi connectivity index (χ1n) is 10.0. The van der Waals surface area contributed by atoms with Crippen LogP contribution in [0.1, 0.15) is 80.6 Å². The average Bonchev–Trinajstić information content (AvgIpc) is 2.49. The quantitative estimate of drug-likeness (QED) is 0.604. The zero-order valence-electron chi connectivity index (χ0n) is 17.8. The van der Waals surface area contributed by atoms with Crippen LogP contribution in [-0.4, -0.2) is 40.7 Å². The van der Waals surface area contributed by atoms with Crippen molar-refractivity contribution >= 4 is 0 Å². The van der Waals surface area contributed by atoms with Gasteiger partial charge >= 0.3 is 0 Å². The lowest BCUT2D eigenvalue weighted by molar-refractivity contribution is -0.0716. The van der Waals surface area contributed by atoms with Crippen molar-refractivity contribution in [2.45, 2.75) is 92.7 Å². The van der Waals surface area contributed by atoms with E-state index in [9.17, 15) is 5.11 Å². The molecule has 0 heterocycles. The molecule has 4 nitrogen and oxygen atoms in total. The first kappa shape index (κ1) is 24.8. The molecule has 1 fully saturated rings. The predicted molar refractivity (Wildman–Crippen MR) is 106 cm³/mol. The van der Waals surface area contributed by atoms with Crippen LogP contribution >= 0.6 is 0 Å². The van der Waals surface area contributed by atoms with E-state index < -0.39 is 0 Å². The van der Waals surface area contributed by atoms with Crippen molar-refractivity contribution in [3.8, 4) is 0 Å². The fraction of sp³-hybridized carbons (Fsp3) is 1.00. The topological polar surface area (TPSA) is 86.7 Å². The third-order valence-electron chi connectivity index (χ3n) is 5.64. The average molecular weight is 360 g/mol. The Hall–Kier alpha value is -0.160. The third-order valence-corrected chi connectivity index (χ3v) is 5.64. The van der Waals surface area contributed by atoms with E-state index in [1.165, 1.54) is 0 Å². The second-order valence-corrected chi connectivity index (χ2v) is 10.0. The van der Waals surface area contributed by atoms with Crippen LogP contribution in [0, 0.1) is 28.6 Å². The highest BCUT2D eigenvalue weighted by Crippen LogP contribution is 2.45. The number of aliphatic hydroxyl groups excluding tert-OH is 3. The van der Waals surface area contributed by atoms with Gasteiger partial charge in [0.1, 0.15) is 0 Å². The molecule has 152 valence electrons. The third kappa shape index (κ3) is 8.85. The lowest BCUT2D eigenvalue weighted by Crippen LogP contribution is -2.51. The molecule has 1 saturated carbocycles. The second kappa shape index (κ2) is 10.9. The number of aliphatic hydroxyl groups is 3. The van der Waals surface area contributed by atoms with Gasteiger partial charge in [-0.3, -0.25) is 0 Å². The first-order valence-corrected chi connectivity index (χ1v) is 10.0. The number of rotatable bonds is 5. The highest BCUT2D eigenvalue weighted by atomic mass is 16.3. The van der Waals surface area contributed by atoms with Gasteiger partial charge in [-0.05, 0) is 41.9 Å². The summed E-state index contributed by atoms with van der Waals surface area (Å²) in [5.74, 6) is 0.755. The van der Waals surface area contributed by atoms with E-state index in [4.69, 9.17) is 15.9 Å². The van der Waals surface area contributed by atoms with Gasteiger partial charge < -0.3 is 21.1 Å². The molecule has 0 aromatic carbocycles. The first-order chi connectivity index (χ1) is 11.4. The number of hydrogen-bond acceptors (Lipinski definition) is 4. The normalized spacial score (nSPS) is 27.8. The van der Waals surface area contributed by atoms with Crippen LogP contribution in [0.3, 0.4) is 0 Å². The van der Waals surface area contributed by atoms with Gasteiger partial charge in [0.15, 0.2) is 0 Å². The number of unbranched alkanes of at least 4 members (excludes halogenated alkanes) is 1. The molecule has 0 bridgehead atoms. The van der Waals surface area contributed by atoms with Crippen molar-refractivity contribution in [3.63, 3.8) is 0 Å². The van der Waals surface area contributed by atoms with Crippen molar-refractivity contribution in [1.82, 2.24) is 0 Å². The highest BCUT2D eigenvalue weighted by molar-refractivity contribution is 4.96. The molecule has 2 atom stereocenters. The Morgan fingerprint density at radius 2 is 1.32 bits per heavy atom. The van der Waals surface area contributed by atoms with E-state index in [1.807, 2.05) is 0 Å². The summed E-state index contributed by atoms with van der Waals surface area (Å²) in [7, 11) is 0. The number of nitrogens with two attached hydrogens (primary N) is 1. The summed E-state index contributed by atoms with van der Waals surface area (Å²) in [6.07, 6.45) is 4.89. The molecular weight excluding hydrogens is 314 g/mol. The molecule has 0 aromatic rings. The molecule has 0 radical (unpaired) electrons. The minimum atomic E-state index is -0.209. The van der Waals surface area contributed by atoms with E-state index in [2.05, 4.69) is 48.5 Å². The SMILES string of the molecule is CC(C)(C)C1CC(N)CC(C(C)(C)C)C1O.CCCCC(CO)CO. The molecule has 25 heavy (non-hydrogen) atoms. The molecule has 4 heteroatoms. The van der Waals surface area contributed by atoms with E-state index in [-0.39, 0.29) is 42.1 Å². The summed E-state index contributed by atoms with van der Waals surface area (Å²) in [5.41, 5.74) is 6.44. The summed E-state index contributed by atoms with van der Waals surface area (Å²) in [6, 6.07) is 0.247. The monoisotopic (exact) mass is 359 g/mol. The molecule has 0 saturated heterocycles. The Morgan fingerprint density at radius 3 is 1.60 bits per heavy atom. The lowest BCUT2D eigenvalue weighted by Gasteiger charge is -2.48. The van der Waals surface area contributed by atoms with Crippen LogP contribution < -0.4 is 5.73 Å². The van der Waals surface area contributed by atoms with Crippen molar-refractivity contribution < 1.29 is 15.3 Å². The van der Waals surface area contributed by atoms with Crippen molar-refractivity contribution in [1.29, 1.82) is 0 Å². The summed E-state index contributed by atoms with van der Waals surface area (Å²) in [6.45, 7) is 15.6. The van der Waals surface area contributed by atoms with Crippen LogP contribution in [0.2, 0.25) is 0 Å². The molecule has 2 unspecified atom stereocenters. The molecule has 5 N–H and O–H groups in total. The Bertz CT molecular complexity index is 318. The minimum absolute atomic E-state index is 0.116. The summed E-state index contributed by atoms with van der Waals surface area (Å²) < 4.78 is 0. The van der Waals surface area contributed by atoms with Gasteiger partial charge in [0.05, 0.1) is 6.10 Å². The number of hydrogen-bond donors (Lipinski definition) is 4. The maximum absolute atomic E-state index is 10.6. The molecular formula is C21H45NO3.